The highest BCUT2D eigenvalue weighted by Gasteiger charge is 2.61. The number of sulfonamides is 1. The van der Waals surface area contributed by atoms with Gasteiger partial charge in [-0.1, -0.05) is 32.9 Å². The lowest BCUT2D eigenvalue weighted by atomic mass is 9.77. The van der Waals surface area contributed by atoms with Crippen molar-refractivity contribution in [3.8, 4) is 22.9 Å². The molecule has 17 heteroatoms. The maximum Gasteiger partial charge on any atom is 0.391 e. The smallest absolute Gasteiger partial charge is 0.391 e. The van der Waals surface area contributed by atoms with Gasteiger partial charge in [0.2, 0.25) is 27.7 Å². The Bertz CT molecular complexity index is 2310. The third kappa shape index (κ3) is 9.41. The second-order valence-electron chi connectivity index (χ2n) is 17.9. The number of likely N-dealkylation sites (tertiary alicyclic amines) is 2. The van der Waals surface area contributed by atoms with Gasteiger partial charge in [-0.2, -0.15) is 13.2 Å². The summed E-state index contributed by atoms with van der Waals surface area (Å²) in [6, 6.07) is 11.3. The molecule has 4 fully saturated rings. The van der Waals surface area contributed by atoms with Gasteiger partial charge in [0, 0.05) is 56.1 Å². The number of rotatable bonds is 14. The van der Waals surface area contributed by atoms with Crippen LogP contribution in [0.3, 0.4) is 0 Å². The minimum atomic E-state index is -4.36. The number of aromatic nitrogens is 2. The zero-order valence-corrected chi connectivity index (χ0v) is 35.6. The highest BCUT2D eigenvalue weighted by molar-refractivity contribution is 7.90. The molecular formula is C44H52F3N5O8S. The number of ether oxygens (including phenoxy) is 2. The Balaban J connectivity index is 1.19. The van der Waals surface area contributed by atoms with Crippen LogP contribution in [-0.4, -0.2) is 102 Å². The number of halogens is 3. The van der Waals surface area contributed by atoms with Crippen molar-refractivity contribution >= 4 is 44.4 Å². The largest absolute Gasteiger partial charge is 0.497 e. The fourth-order valence-corrected chi connectivity index (χ4v) is 10.1. The number of nitrogens with zero attached hydrogens (tertiary/aromatic N) is 4. The lowest BCUT2D eigenvalue weighted by molar-refractivity contribution is -0.186. The zero-order valence-electron chi connectivity index (χ0n) is 34.7. The molecule has 3 aromatic rings. The van der Waals surface area contributed by atoms with Crippen molar-refractivity contribution in [3.05, 3.63) is 61.3 Å². The van der Waals surface area contributed by atoms with Gasteiger partial charge in [0.15, 0.2) is 5.78 Å². The van der Waals surface area contributed by atoms with E-state index in [0.717, 1.165) is 0 Å². The summed E-state index contributed by atoms with van der Waals surface area (Å²) in [5, 5.41) is -0.0394. The predicted molar refractivity (Wildman–Crippen MR) is 219 cm³/mol. The highest BCUT2D eigenvalue weighted by Crippen LogP contribution is 2.57. The maximum atomic E-state index is 14.9. The SMILES string of the molecule is C=C[C@@H]1C[C@]1(CC(=O)[C@@H]1C[C@@H](Oc2cc(-c3ccccn3)nc3cc(OC)ccc23)CN1C(=O)[C@@H](CC(=O)N1CCC(C(F)(F)F)CC1)C(C)(C)C)C(=O)NS(=O)(=O)C1CC1. The van der Waals surface area contributed by atoms with Crippen molar-refractivity contribution in [3.63, 3.8) is 0 Å². The Morgan fingerprint density at radius 1 is 1.03 bits per heavy atom. The van der Waals surface area contributed by atoms with E-state index in [4.69, 9.17) is 14.5 Å². The van der Waals surface area contributed by atoms with Crippen molar-refractivity contribution in [2.24, 2.45) is 28.6 Å². The number of hydrogen-bond donors (Lipinski definition) is 1. The fraction of sp³-hybridized carbons (Fsp3) is 0.545. The number of Topliss-reactive ketones (excluding diaryl/α,β-unsaturated/α-hetero) is 1. The van der Waals surface area contributed by atoms with Crippen LogP contribution in [-0.2, 0) is 29.2 Å². The van der Waals surface area contributed by atoms with Gasteiger partial charge < -0.3 is 19.3 Å². The first kappa shape index (κ1) is 44.0. The van der Waals surface area contributed by atoms with Crippen LogP contribution in [0.5, 0.6) is 11.5 Å². The number of piperidine rings is 1. The molecule has 7 rings (SSSR count). The summed E-state index contributed by atoms with van der Waals surface area (Å²) in [6.45, 7) is 8.91. The maximum absolute atomic E-state index is 14.9. The number of pyridine rings is 2. The number of methoxy groups -OCH3 is 1. The molecule has 4 heterocycles. The quantitative estimate of drug-likeness (QED) is 0.183. The summed E-state index contributed by atoms with van der Waals surface area (Å²) in [5.41, 5.74) is -0.598. The second-order valence-corrected chi connectivity index (χ2v) is 19.9. The van der Waals surface area contributed by atoms with Crippen molar-refractivity contribution in [1.82, 2.24) is 24.5 Å². The van der Waals surface area contributed by atoms with Gasteiger partial charge in [0.05, 0.1) is 59.1 Å². The molecule has 2 saturated heterocycles. The number of carbonyl (C=O) groups excluding carboxylic acids is 4. The van der Waals surface area contributed by atoms with E-state index in [0.29, 0.717) is 46.6 Å². The Morgan fingerprint density at radius 3 is 2.34 bits per heavy atom. The molecule has 2 aliphatic carbocycles. The summed E-state index contributed by atoms with van der Waals surface area (Å²) >= 11 is 0. The Labute approximate surface area is 353 Å². The first-order valence-corrected chi connectivity index (χ1v) is 22.2. The van der Waals surface area contributed by atoms with Gasteiger partial charge in [-0.05, 0) is 67.7 Å². The minimum absolute atomic E-state index is 0.00998. The molecule has 3 amide bonds. The van der Waals surface area contributed by atoms with Crippen LogP contribution in [0.25, 0.3) is 22.3 Å². The van der Waals surface area contributed by atoms with E-state index in [1.807, 2.05) is 6.07 Å². The monoisotopic (exact) mass is 867 g/mol. The molecule has 0 radical (unpaired) electrons. The van der Waals surface area contributed by atoms with E-state index in [2.05, 4.69) is 16.3 Å². The predicted octanol–water partition coefficient (Wildman–Crippen LogP) is 6.27. The number of ketones is 1. The van der Waals surface area contributed by atoms with Gasteiger partial charge in [0.1, 0.15) is 17.6 Å². The van der Waals surface area contributed by atoms with Crippen LogP contribution >= 0.6 is 0 Å². The van der Waals surface area contributed by atoms with Gasteiger partial charge in [-0.25, -0.2) is 13.4 Å². The van der Waals surface area contributed by atoms with Gasteiger partial charge in [-0.15, -0.1) is 6.58 Å². The molecule has 2 saturated carbocycles. The summed E-state index contributed by atoms with van der Waals surface area (Å²) < 4.78 is 80.3. The molecule has 328 valence electrons. The molecule has 0 spiro atoms. The normalized spacial score (nSPS) is 24.0. The zero-order chi connectivity index (χ0) is 44.1. The van der Waals surface area contributed by atoms with Crippen LogP contribution in [0.4, 0.5) is 13.2 Å². The number of carbonyl (C=O) groups is 4. The number of benzene rings is 1. The summed E-state index contributed by atoms with van der Waals surface area (Å²) in [4.78, 5) is 69.0. The van der Waals surface area contributed by atoms with E-state index in [1.165, 1.54) is 23.0 Å². The Morgan fingerprint density at radius 2 is 1.75 bits per heavy atom. The average molecular weight is 868 g/mol. The van der Waals surface area contributed by atoms with Crippen LogP contribution < -0.4 is 14.2 Å². The van der Waals surface area contributed by atoms with E-state index < -0.39 is 85.7 Å². The van der Waals surface area contributed by atoms with Gasteiger partial charge >= 0.3 is 6.18 Å². The molecule has 2 aliphatic heterocycles. The highest BCUT2D eigenvalue weighted by atomic mass is 32.2. The summed E-state index contributed by atoms with van der Waals surface area (Å²) in [7, 11) is -2.39. The summed E-state index contributed by atoms with van der Waals surface area (Å²) in [6.07, 6.45) is -2.01. The molecule has 4 aliphatic rings. The number of fused-ring (bicyclic) bond motifs is 1. The second kappa shape index (κ2) is 16.7. The van der Waals surface area contributed by atoms with Crippen LogP contribution in [0.1, 0.15) is 72.1 Å². The lowest BCUT2D eigenvalue weighted by Gasteiger charge is -2.37. The third-order valence-corrected chi connectivity index (χ3v) is 14.5. The Hall–Kier alpha value is -5.06. The molecule has 61 heavy (non-hydrogen) atoms. The van der Waals surface area contributed by atoms with E-state index in [-0.39, 0.29) is 58.2 Å². The lowest BCUT2D eigenvalue weighted by Crippen LogP contribution is -2.50. The minimum Gasteiger partial charge on any atom is -0.497 e. The molecule has 0 bridgehead atoms. The molecule has 1 aromatic carbocycles. The van der Waals surface area contributed by atoms with Crippen molar-refractivity contribution in [2.45, 2.75) is 95.7 Å². The van der Waals surface area contributed by atoms with Gasteiger partial charge in [-0.3, -0.25) is 28.9 Å². The number of hydrogen-bond acceptors (Lipinski definition) is 10. The molecule has 0 unspecified atom stereocenters. The average Bonchev–Trinajstić information content (AvgIpc) is 4.15. The summed E-state index contributed by atoms with van der Waals surface area (Å²) in [5.74, 6) is -4.24. The van der Waals surface area contributed by atoms with Gasteiger partial charge in [0.25, 0.3) is 0 Å². The van der Waals surface area contributed by atoms with Crippen molar-refractivity contribution in [2.75, 3.05) is 26.7 Å². The van der Waals surface area contributed by atoms with E-state index in [1.54, 1.807) is 63.4 Å². The molecule has 13 nitrogen and oxygen atoms in total. The van der Waals surface area contributed by atoms with E-state index >= 15 is 0 Å². The molecule has 5 atom stereocenters. The number of amides is 3. The number of alkyl halides is 3. The number of nitrogens with one attached hydrogen (secondary N) is 1. The van der Waals surface area contributed by atoms with Crippen LogP contribution in [0, 0.1) is 28.6 Å². The standard InChI is InChI=1S/C44H52F3N5O8S/c1-6-26-23-43(26,41(56)50-61(57,58)30-11-12-30)24-37(53)36-20-29(60-38-22-35(33-9-7-8-16-48-33)49-34-19-28(59-5)10-13-31(34)38)25-52(36)40(55)32(42(2,3)4)21-39(54)51-17-14-27(15-18-51)44(45,46)47/h6-10,13,16,19,22,26-27,29-30,32,36H,1,11-12,14-15,17-18,20-21,23-25H2,2-5H3,(H,50,56)/t26-,29-,32-,36+,43-/m1/s1. The van der Waals surface area contributed by atoms with Crippen molar-refractivity contribution in [1.29, 1.82) is 0 Å². The number of allylic oxidation sites excluding steroid dienone is 1. The first-order chi connectivity index (χ1) is 28.7. The van der Waals surface area contributed by atoms with Crippen LogP contribution in [0.15, 0.2) is 61.3 Å². The Kier molecular flexibility index (Phi) is 12.0. The van der Waals surface area contributed by atoms with Crippen molar-refractivity contribution < 1.29 is 50.2 Å². The molecular weight excluding hydrogens is 816 g/mol. The third-order valence-electron chi connectivity index (χ3n) is 12.7. The topological polar surface area (TPSA) is 165 Å². The fourth-order valence-electron chi connectivity index (χ4n) is 8.69. The molecule has 1 N–H and O–H groups in total. The molecule has 2 aromatic heterocycles. The first-order valence-electron chi connectivity index (χ1n) is 20.7. The van der Waals surface area contributed by atoms with Crippen LogP contribution in [0.2, 0.25) is 0 Å². The van der Waals surface area contributed by atoms with E-state index in [9.17, 15) is 40.8 Å².